The third kappa shape index (κ3) is 32.1. The van der Waals surface area contributed by atoms with Gasteiger partial charge in [-0.2, -0.15) is 11.8 Å². The Morgan fingerprint density at radius 2 is 1.00 bits per heavy atom. The zero-order valence-electron chi connectivity index (χ0n) is 49.7. The standard InChI is InChI=1S/C59H98N10O12S/c1-36(2)25-43(58(80)67-47(27-38(5)6)52(74)32-41(18-12-14-23-61)57(79)68-49(33-53(63)75)51(73)31-40(55(64)77)17-11-13-22-60)30-45(71)35-66-56(78)42(21-24-82-7)29-44(70)34-65-54(76)20-19-50(72)48(28-39-15-9-8-10-16-39)69-59(81)46(62)26-37(3)4/h8-10,15-16,36-38,40-43,46-49H,11-14,17-35,60-62H2,1-7H3,(H2,63,75)(H2,64,77)(H,65,76)(H,66,78)(H,67,80)(H,68,79)(H,69,81)/t40-,41-,42-,43-,46+,47+,48+,49+/m1/s1. The minimum absolute atomic E-state index is 0.0701. The van der Waals surface area contributed by atoms with E-state index in [2.05, 4.69) is 26.6 Å². The highest BCUT2D eigenvalue weighted by atomic mass is 32.2. The summed E-state index contributed by atoms with van der Waals surface area (Å²) in [5, 5.41) is 13.4. The van der Waals surface area contributed by atoms with Crippen LogP contribution in [0.1, 0.15) is 156 Å². The summed E-state index contributed by atoms with van der Waals surface area (Å²) in [6, 6.07) is 4.88. The summed E-state index contributed by atoms with van der Waals surface area (Å²) in [5.41, 5.74) is 29.3. The second-order valence-corrected chi connectivity index (χ2v) is 23.9. The Labute approximate surface area is 489 Å². The number of hydrogen-bond donors (Lipinski definition) is 10. The first-order valence-corrected chi connectivity index (χ1v) is 30.4. The first kappa shape index (κ1) is 74.1. The van der Waals surface area contributed by atoms with Crippen molar-refractivity contribution in [2.75, 3.05) is 38.2 Å². The smallest absolute Gasteiger partial charge is 0.237 e. The molecule has 82 heavy (non-hydrogen) atoms. The molecule has 0 saturated carbocycles. The zero-order chi connectivity index (χ0) is 61.9. The van der Waals surface area contributed by atoms with Gasteiger partial charge in [-0.15, -0.1) is 0 Å². The van der Waals surface area contributed by atoms with Crippen molar-refractivity contribution in [1.82, 2.24) is 26.6 Å². The summed E-state index contributed by atoms with van der Waals surface area (Å²) < 4.78 is 0. The molecule has 0 fully saturated rings. The maximum atomic E-state index is 14.2. The molecule has 0 aliphatic rings. The molecule has 23 heteroatoms. The van der Waals surface area contributed by atoms with Gasteiger partial charge in [0.1, 0.15) is 0 Å². The number of Topliss-reactive ketones (excluding diaryl/α,β-unsaturated/α-hetero) is 5. The van der Waals surface area contributed by atoms with Gasteiger partial charge in [0.2, 0.25) is 41.4 Å². The van der Waals surface area contributed by atoms with Crippen LogP contribution in [-0.2, 0) is 64.0 Å². The lowest BCUT2D eigenvalue weighted by Gasteiger charge is -2.26. The molecule has 1 aromatic carbocycles. The van der Waals surface area contributed by atoms with E-state index in [1.54, 1.807) is 0 Å². The van der Waals surface area contributed by atoms with Crippen molar-refractivity contribution >= 4 is 82.0 Å². The van der Waals surface area contributed by atoms with E-state index in [4.69, 9.17) is 28.7 Å². The lowest BCUT2D eigenvalue weighted by molar-refractivity contribution is -0.136. The Morgan fingerprint density at radius 3 is 1.55 bits per heavy atom. The van der Waals surface area contributed by atoms with E-state index in [1.807, 2.05) is 78.1 Å². The second kappa shape index (κ2) is 41.1. The highest BCUT2D eigenvalue weighted by molar-refractivity contribution is 7.98. The van der Waals surface area contributed by atoms with E-state index in [0.29, 0.717) is 50.9 Å². The molecule has 8 atom stereocenters. The van der Waals surface area contributed by atoms with Crippen LogP contribution in [0.5, 0.6) is 0 Å². The molecule has 0 aliphatic heterocycles. The van der Waals surface area contributed by atoms with E-state index in [1.165, 1.54) is 11.8 Å². The van der Waals surface area contributed by atoms with Gasteiger partial charge in [-0.1, -0.05) is 84.7 Å². The monoisotopic (exact) mass is 1170 g/mol. The first-order valence-electron chi connectivity index (χ1n) is 29.0. The number of benzene rings is 1. The molecule has 22 nitrogen and oxygen atoms in total. The maximum absolute atomic E-state index is 14.2. The number of hydrogen-bond acceptors (Lipinski definition) is 16. The average molecular weight is 1170 g/mol. The van der Waals surface area contributed by atoms with Crippen molar-refractivity contribution in [3.05, 3.63) is 35.9 Å². The molecule has 15 N–H and O–H groups in total. The zero-order valence-corrected chi connectivity index (χ0v) is 50.5. The summed E-state index contributed by atoms with van der Waals surface area (Å²) in [5.74, 6) is -10.1. The number of rotatable bonds is 47. The molecule has 1 rings (SSSR count). The van der Waals surface area contributed by atoms with E-state index in [0.717, 1.165) is 5.56 Å². The molecular weight excluding hydrogens is 1070 g/mol. The van der Waals surface area contributed by atoms with Gasteiger partial charge in [0.05, 0.1) is 43.7 Å². The van der Waals surface area contributed by atoms with Gasteiger partial charge in [-0.3, -0.25) is 57.5 Å². The number of thioether (sulfide) groups is 1. The Morgan fingerprint density at radius 1 is 0.500 bits per heavy atom. The maximum Gasteiger partial charge on any atom is 0.237 e. The van der Waals surface area contributed by atoms with Crippen molar-refractivity contribution in [3.8, 4) is 0 Å². The number of nitrogens with one attached hydrogen (secondary N) is 5. The number of unbranched alkanes of at least 4 members (excludes halogenated alkanes) is 2. The summed E-state index contributed by atoms with van der Waals surface area (Å²) in [6.45, 7) is 11.1. The third-order valence-corrected chi connectivity index (χ3v) is 14.6. The van der Waals surface area contributed by atoms with Crippen molar-refractivity contribution < 1.29 is 57.5 Å². The quantitative estimate of drug-likeness (QED) is 0.0419. The topological polar surface area (TPSA) is 395 Å². The third-order valence-electron chi connectivity index (χ3n) is 13.9. The number of amides is 7. The van der Waals surface area contributed by atoms with Gasteiger partial charge in [0.15, 0.2) is 28.9 Å². The summed E-state index contributed by atoms with van der Waals surface area (Å²) in [6.07, 6.45) is 3.43. The van der Waals surface area contributed by atoms with E-state index in [-0.39, 0.29) is 101 Å². The van der Waals surface area contributed by atoms with E-state index in [9.17, 15) is 57.5 Å². The molecule has 462 valence electrons. The van der Waals surface area contributed by atoms with E-state index < -0.39 is 132 Å². The molecule has 0 aromatic heterocycles. The Balaban J connectivity index is 3.10. The molecule has 0 unspecified atom stereocenters. The van der Waals surface area contributed by atoms with Crippen molar-refractivity contribution in [2.24, 2.45) is 70.1 Å². The molecule has 0 aliphatic carbocycles. The normalized spacial score (nSPS) is 14.3. The number of primary amides is 2. The average Bonchev–Trinajstić information content (AvgIpc) is 3.47. The Bertz CT molecular complexity index is 2230. The summed E-state index contributed by atoms with van der Waals surface area (Å²) in [4.78, 5) is 160. The summed E-state index contributed by atoms with van der Waals surface area (Å²) in [7, 11) is 0. The SMILES string of the molecule is CSCC[C@H](CC(=O)CNC(=O)CCC(=O)[C@H](Cc1ccccc1)NC(=O)[C@@H](N)CC(C)C)C(=O)NCC(=O)C[C@@H](CC(C)C)C(=O)N[C@@H](CC(C)C)C(=O)C[C@@H](CCCCN)C(=O)N[C@@H](CC(N)=O)C(=O)C[C@@H](CCCCN)C(N)=O. The van der Waals surface area contributed by atoms with Gasteiger partial charge >= 0.3 is 0 Å². The lowest BCUT2D eigenvalue weighted by atomic mass is 9.87. The highest BCUT2D eigenvalue weighted by Gasteiger charge is 2.35. The van der Waals surface area contributed by atoms with Crippen molar-refractivity contribution in [2.45, 2.75) is 181 Å². The van der Waals surface area contributed by atoms with Crippen LogP contribution in [-0.4, -0.2) is 133 Å². The molecule has 0 bridgehead atoms. The fraction of sp³-hybridized carbons (Fsp3) is 0.695. The molecular formula is C59H98N10O12S. The van der Waals surface area contributed by atoms with Crippen LogP contribution in [0, 0.1) is 41.4 Å². The number of carbonyl (C=O) groups is 12. The Hall–Kier alpha value is -5.91. The van der Waals surface area contributed by atoms with Crippen LogP contribution in [0.4, 0.5) is 0 Å². The van der Waals surface area contributed by atoms with Gasteiger partial charge in [-0.25, -0.2) is 0 Å². The molecule has 7 amide bonds. The number of nitrogens with two attached hydrogens (primary N) is 5. The fourth-order valence-corrected chi connectivity index (χ4v) is 9.95. The Kier molecular flexibility index (Phi) is 37.2. The van der Waals surface area contributed by atoms with E-state index >= 15 is 0 Å². The fourth-order valence-electron chi connectivity index (χ4n) is 9.43. The van der Waals surface area contributed by atoms with Gasteiger partial charge < -0.3 is 55.3 Å². The summed E-state index contributed by atoms with van der Waals surface area (Å²) >= 11 is 1.45. The van der Waals surface area contributed by atoms with Crippen LogP contribution >= 0.6 is 11.8 Å². The highest BCUT2D eigenvalue weighted by Crippen LogP contribution is 2.23. The molecule has 0 saturated heterocycles. The molecule has 0 heterocycles. The predicted octanol–water partition coefficient (Wildman–Crippen LogP) is 2.40. The van der Waals surface area contributed by atoms with Crippen LogP contribution in [0.25, 0.3) is 0 Å². The minimum atomic E-state index is -1.40. The largest absolute Gasteiger partial charge is 0.370 e. The van der Waals surface area contributed by atoms with Crippen LogP contribution < -0.4 is 55.3 Å². The van der Waals surface area contributed by atoms with Gasteiger partial charge in [-0.05, 0) is 106 Å². The number of carbonyl (C=O) groups excluding carboxylic acids is 12. The van der Waals surface area contributed by atoms with Gasteiger partial charge in [0.25, 0.3) is 0 Å². The number of ketones is 5. The van der Waals surface area contributed by atoms with Crippen LogP contribution in [0.2, 0.25) is 0 Å². The second-order valence-electron chi connectivity index (χ2n) is 22.9. The van der Waals surface area contributed by atoms with Crippen molar-refractivity contribution in [1.29, 1.82) is 0 Å². The lowest BCUT2D eigenvalue weighted by Crippen LogP contribution is -2.49. The van der Waals surface area contributed by atoms with Gasteiger partial charge in [0, 0.05) is 62.2 Å². The minimum Gasteiger partial charge on any atom is -0.370 e. The van der Waals surface area contributed by atoms with Crippen molar-refractivity contribution in [3.63, 3.8) is 0 Å². The molecule has 0 radical (unpaired) electrons. The predicted molar refractivity (Wildman–Crippen MR) is 317 cm³/mol. The van der Waals surface area contributed by atoms with Crippen LogP contribution in [0.3, 0.4) is 0 Å². The first-order chi connectivity index (χ1) is 38.7. The molecule has 1 aromatic rings. The van der Waals surface area contributed by atoms with Crippen LogP contribution in [0.15, 0.2) is 30.3 Å². The molecule has 0 spiro atoms.